The van der Waals surface area contributed by atoms with E-state index < -0.39 is 0 Å². The molecule has 4 heteroatoms. The first kappa shape index (κ1) is 9.45. The molecular weight excluding hydrogens is 219 g/mol. The van der Waals surface area contributed by atoms with Crippen molar-refractivity contribution in [2.24, 2.45) is 0 Å². The lowest BCUT2D eigenvalue weighted by molar-refractivity contribution is 0.355. The molecule has 0 atom stereocenters. The van der Waals surface area contributed by atoms with Crippen molar-refractivity contribution in [2.75, 3.05) is 14.2 Å². The van der Waals surface area contributed by atoms with Crippen LogP contribution in [0, 0.1) is 0 Å². The van der Waals surface area contributed by atoms with Gasteiger partial charge < -0.3 is 9.47 Å². The molecule has 1 aromatic rings. The Morgan fingerprint density at radius 3 is 2.17 bits per heavy atom. The number of benzene rings is 1. The Morgan fingerprint density at radius 1 is 1.17 bits per heavy atom. The molecule has 62 valence electrons. The summed E-state index contributed by atoms with van der Waals surface area (Å²) in [6, 6.07) is 3.48. The van der Waals surface area contributed by atoms with Crippen molar-refractivity contribution in [2.45, 2.75) is 0 Å². The minimum absolute atomic E-state index is 0.632. The van der Waals surface area contributed by atoms with Gasteiger partial charge in [0.05, 0.1) is 14.2 Å². The Hall–Kier alpha value is -0.635. The van der Waals surface area contributed by atoms with Crippen molar-refractivity contribution in [3.05, 3.63) is 16.6 Å². The lowest BCUT2D eigenvalue weighted by Gasteiger charge is -2.09. The Labute approximate surface area is 81.4 Å². The second kappa shape index (κ2) is 3.85. The average Bonchev–Trinajstić information content (AvgIpc) is 2.09. The first-order valence-corrected chi connectivity index (χ1v) is 4.15. The van der Waals surface area contributed by atoms with Crippen molar-refractivity contribution < 1.29 is 9.47 Å². The van der Waals surface area contributed by atoms with Crippen molar-refractivity contribution in [3.63, 3.8) is 0 Å². The fourth-order valence-corrected chi connectivity index (χ4v) is 1.19. The number of methoxy groups -OCH3 is 2. The summed E-state index contributed by atoms with van der Waals surface area (Å²) in [5.41, 5.74) is 0.632. The van der Waals surface area contributed by atoms with Crippen LogP contribution in [0.3, 0.4) is 0 Å². The third-order valence-electron chi connectivity index (χ3n) is 1.50. The predicted molar refractivity (Wildman–Crippen MR) is 52.6 cm³/mol. The molecule has 0 aromatic heterocycles. The predicted octanol–water partition coefficient (Wildman–Crippen LogP) is 1.26. The van der Waals surface area contributed by atoms with E-state index in [1.165, 1.54) is 0 Å². The normalized spacial score (nSPS) is 9.58. The van der Waals surface area contributed by atoms with Crippen LogP contribution in [-0.4, -0.2) is 22.1 Å². The van der Waals surface area contributed by atoms with Gasteiger partial charge in [-0.05, 0) is 12.1 Å². The Balaban J connectivity index is 3.19. The van der Waals surface area contributed by atoms with Gasteiger partial charge in [-0.15, -0.1) is 0 Å². The van der Waals surface area contributed by atoms with Gasteiger partial charge in [0.25, 0.3) is 0 Å². The van der Waals surface area contributed by atoms with Gasteiger partial charge in [-0.2, -0.15) is 0 Å². The minimum atomic E-state index is 0.632. The topological polar surface area (TPSA) is 18.5 Å². The molecule has 0 heterocycles. The van der Waals surface area contributed by atoms with Gasteiger partial charge in [0.1, 0.15) is 7.85 Å². The molecule has 1 rings (SSSR count). The molecule has 0 saturated carbocycles. The van der Waals surface area contributed by atoms with E-state index in [1.807, 2.05) is 0 Å². The van der Waals surface area contributed by atoms with Crippen LogP contribution in [0.5, 0.6) is 11.5 Å². The summed E-state index contributed by atoms with van der Waals surface area (Å²) in [7, 11) is 8.80. The van der Waals surface area contributed by atoms with E-state index in [9.17, 15) is 0 Å². The molecule has 0 saturated heterocycles. The molecule has 0 spiro atoms. The molecule has 0 N–H and O–H groups in total. The number of ether oxygens (including phenoxy) is 2. The molecular formula is C8H8BBrO2. The highest BCUT2D eigenvalue weighted by atomic mass is 79.9. The third kappa shape index (κ3) is 1.75. The summed E-state index contributed by atoms with van der Waals surface area (Å²) in [4.78, 5) is 0. The number of halogens is 1. The first-order chi connectivity index (χ1) is 5.69. The highest BCUT2D eigenvalue weighted by molar-refractivity contribution is 9.10. The summed E-state index contributed by atoms with van der Waals surface area (Å²) in [5, 5.41) is 0. The zero-order valence-electron chi connectivity index (χ0n) is 6.93. The van der Waals surface area contributed by atoms with Crippen molar-refractivity contribution in [1.29, 1.82) is 0 Å². The maximum Gasteiger partial charge on any atom is 0.161 e. The van der Waals surface area contributed by atoms with E-state index >= 15 is 0 Å². The average molecular weight is 227 g/mol. The smallest absolute Gasteiger partial charge is 0.161 e. The fourth-order valence-electron chi connectivity index (χ4n) is 0.870. The minimum Gasteiger partial charge on any atom is -0.493 e. The summed E-state index contributed by atoms with van der Waals surface area (Å²) in [5.74, 6) is 1.30. The van der Waals surface area contributed by atoms with Crippen LogP contribution in [-0.2, 0) is 0 Å². The van der Waals surface area contributed by atoms with Crippen LogP contribution >= 0.6 is 15.9 Å². The molecule has 0 bridgehead atoms. The van der Waals surface area contributed by atoms with Crippen LogP contribution < -0.4 is 14.9 Å². The van der Waals surface area contributed by atoms with Crippen molar-refractivity contribution >= 4 is 29.2 Å². The number of hydrogen-bond donors (Lipinski definition) is 0. The van der Waals surface area contributed by atoms with E-state index in [0.717, 1.165) is 4.47 Å². The highest BCUT2D eigenvalue weighted by Gasteiger charge is 2.05. The van der Waals surface area contributed by atoms with E-state index in [1.54, 1.807) is 26.4 Å². The molecule has 0 fully saturated rings. The fraction of sp³-hybridized carbons (Fsp3) is 0.250. The Morgan fingerprint density at radius 2 is 1.67 bits per heavy atom. The Kier molecular flexibility index (Phi) is 3.03. The van der Waals surface area contributed by atoms with Crippen LogP contribution in [0.4, 0.5) is 0 Å². The van der Waals surface area contributed by atoms with Gasteiger partial charge in [0.2, 0.25) is 0 Å². The molecule has 2 nitrogen and oxygen atoms in total. The molecule has 0 aliphatic carbocycles. The van der Waals surface area contributed by atoms with Gasteiger partial charge in [-0.1, -0.05) is 21.4 Å². The number of rotatable bonds is 2. The maximum atomic E-state index is 5.64. The molecule has 12 heavy (non-hydrogen) atoms. The third-order valence-corrected chi connectivity index (χ3v) is 2.19. The number of hydrogen-bond acceptors (Lipinski definition) is 2. The van der Waals surface area contributed by atoms with Crippen LogP contribution in [0.15, 0.2) is 16.6 Å². The van der Waals surface area contributed by atoms with E-state index in [-0.39, 0.29) is 0 Å². The summed E-state index contributed by atoms with van der Waals surface area (Å²) in [6.45, 7) is 0. The van der Waals surface area contributed by atoms with Crippen molar-refractivity contribution in [1.82, 2.24) is 0 Å². The summed E-state index contributed by atoms with van der Waals surface area (Å²) >= 11 is 3.29. The van der Waals surface area contributed by atoms with E-state index in [2.05, 4.69) is 15.9 Å². The zero-order valence-corrected chi connectivity index (χ0v) is 8.51. The SMILES string of the molecule is [B]c1cc(OC)c(OC)cc1Br. The molecule has 0 aliphatic heterocycles. The monoisotopic (exact) mass is 226 g/mol. The van der Waals surface area contributed by atoms with Crippen molar-refractivity contribution in [3.8, 4) is 11.5 Å². The van der Waals surface area contributed by atoms with Gasteiger partial charge in [-0.3, -0.25) is 0 Å². The molecule has 0 unspecified atom stereocenters. The lowest BCUT2D eigenvalue weighted by atomic mass is 9.96. The van der Waals surface area contributed by atoms with Crippen LogP contribution in [0.25, 0.3) is 0 Å². The molecule has 1 aromatic carbocycles. The quantitative estimate of drug-likeness (QED) is 0.708. The van der Waals surface area contributed by atoms with Gasteiger partial charge in [-0.25, -0.2) is 0 Å². The second-order valence-corrected chi connectivity index (χ2v) is 3.08. The van der Waals surface area contributed by atoms with Gasteiger partial charge >= 0.3 is 0 Å². The lowest BCUT2D eigenvalue weighted by Crippen LogP contribution is -2.05. The van der Waals surface area contributed by atoms with E-state index in [0.29, 0.717) is 17.0 Å². The summed E-state index contributed by atoms with van der Waals surface area (Å²) in [6.07, 6.45) is 0. The molecule has 0 aliphatic rings. The summed E-state index contributed by atoms with van der Waals surface area (Å²) < 4.78 is 10.9. The van der Waals surface area contributed by atoms with Crippen LogP contribution in [0.1, 0.15) is 0 Å². The zero-order chi connectivity index (χ0) is 9.14. The standard InChI is InChI=1S/C8H8BBrO2/c1-11-7-3-5(9)6(10)4-8(7)12-2/h3-4H,1-2H3. The molecule has 2 radical (unpaired) electrons. The van der Waals surface area contributed by atoms with Crippen LogP contribution in [0.2, 0.25) is 0 Å². The van der Waals surface area contributed by atoms with Gasteiger partial charge in [0.15, 0.2) is 11.5 Å². The second-order valence-electron chi connectivity index (χ2n) is 2.23. The first-order valence-electron chi connectivity index (χ1n) is 3.36. The molecule has 0 amide bonds. The largest absolute Gasteiger partial charge is 0.493 e. The van der Waals surface area contributed by atoms with E-state index in [4.69, 9.17) is 17.3 Å². The highest BCUT2D eigenvalue weighted by Crippen LogP contribution is 2.27. The van der Waals surface area contributed by atoms with Gasteiger partial charge in [0, 0.05) is 4.47 Å². The maximum absolute atomic E-state index is 5.64. The Bertz CT molecular complexity index is 260.